The molecule has 0 radical (unpaired) electrons. The summed E-state index contributed by atoms with van der Waals surface area (Å²) < 4.78 is 2.06. The lowest BCUT2D eigenvalue weighted by Gasteiger charge is -2.29. The van der Waals surface area contributed by atoms with Crippen molar-refractivity contribution in [2.24, 2.45) is 12.5 Å². The first-order valence-electron chi connectivity index (χ1n) is 6.85. The van der Waals surface area contributed by atoms with Gasteiger partial charge in [0, 0.05) is 19.3 Å². The van der Waals surface area contributed by atoms with Crippen molar-refractivity contribution in [1.82, 2.24) is 15.1 Å². The number of hydrogen-bond donors (Lipinski definition) is 1. The average molecular weight is 235 g/mol. The molecular formula is C14H25N3. The molecule has 1 saturated carbocycles. The smallest absolute Gasteiger partial charge is 0.0596 e. The molecule has 0 unspecified atom stereocenters. The lowest BCUT2D eigenvalue weighted by molar-refractivity contribution is 0.274. The highest BCUT2D eigenvalue weighted by molar-refractivity contribution is 5.12. The van der Waals surface area contributed by atoms with E-state index >= 15 is 0 Å². The number of rotatable bonds is 5. The van der Waals surface area contributed by atoms with E-state index in [9.17, 15) is 0 Å². The quantitative estimate of drug-likeness (QED) is 0.849. The minimum atomic E-state index is 0.482. The summed E-state index contributed by atoms with van der Waals surface area (Å²) in [7, 11) is 2.07. The first-order chi connectivity index (χ1) is 8.15. The van der Waals surface area contributed by atoms with Crippen molar-refractivity contribution in [1.29, 1.82) is 0 Å². The summed E-state index contributed by atoms with van der Waals surface area (Å²) in [5.74, 6) is 0. The lowest BCUT2D eigenvalue weighted by atomic mass is 9.81. The zero-order chi connectivity index (χ0) is 12.3. The number of nitrogens with zero attached hydrogens (tertiary/aromatic N) is 2. The van der Waals surface area contributed by atoms with E-state index in [1.54, 1.807) is 0 Å². The van der Waals surface area contributed by atoms with Crippen molar-refractivity contribution in [2.75, 3.05) is 13.1 Å². The van der Waals surface area contributed by atoms with Gasteiger partial charge in [-0.05, 0) is 44.2 Å². The molecule has 0 aromatic carbocycles. The summed E-state index contributed by atoms with van der Waals surface area (Å²) in [6, 6.07) is 2.24. The molecule has 0 amide bonds. The zero-order valence-electron chi connectivity index (χ0n) is 11.4. The normalized spacial score (nSPS) is 18.8. The van der Waals surface area contributed by atoms with Crippen LogP contribution in [0.3, 0.4) is 0 Å². The van der Waals surface area contributed by atoms with Crippen LogP contribution in [0.25, 0.3) is 0 Å². The Morgan fingerprint density at radius 3 is 2.65 bits per heavy atom. The first-order valence-corrected chi connectivity index (χ1v) is 6.85. The van der Waals surface area contributed by atoms with Crippen molar-refractivity contribution in [3.63, 3.8) is 0 Å². The molecule has 1 aliphatic carbocycles. The van der Waals surface area contributed by atoms with Crippen LogP contribution in [-0.2, 0) is 13.5 Å². The van der Waals surface area contributed by atoms with Crippen LogP contribution < -0.4 is 5.32 Å². The number of hydrogen-bond acceptors (Lipinski definition) is 2. The molecule has 2 rings (SSSR count). The number of aryl methyl sites for hydroxylation is 2. The summed E-state index contributed by atoms with van der Waals surface area (Å²) in [6.45, 7) is 6.51. The van der Waals surface area contributed by atoms with E-state index in [0.717, 1.165) is 18.8 Å². The van der Waals surface area contributed by atoms with Gasteiger partial charge >= 0.3 is 0 Å². The van der Waals surface area contributed by atoms with E-state index in [0.29, 0.717) is 5.41 Å². The van der Waals surface area contributed by atoms with Crippen LogP contribution >= 0.6 is 0 Å². The molecule has 1 heterocycles. The van der Waals surface area contributed by atoms with Gasteiger partial charge in [-0.15, -0.1) is 0 Å². The molecule has 3 heteroatoms. The van der Waals surface area contributed by atoms with E-state index < -0.39 is 0 Å². The third kappa shape index (κ3) is 2.89. The molecule has 1 aromatic heterocycles. The van der Waals surface area contributed by atoms with Crippen molar-refractivity contribution in [3.05, 3.63) is 17.5 Å². The standard InChI is InChI=1S/C14H25N3/c1-4-15-11-14(7-5-6-8-14)10-13-9-12(2)16-17(13)3/h9,15H,4-8,10-11H2,1-3H3. The first kappa shape index (κ1) is 12.6. The summed E-state index contributed by atoms with van der Waals surface area (Å²) in [4.78, 5) is 0. The third-order valence-corrected chi connectivity index (χ3v) is 4.07. The van der Waals surface area contributed by atoms with Crippen LogP contribution in [0.1, 0.15) is 44.0 Å². The monoisotopic (exact) mass is 235 g/mol. The Morgan fingerprint density at radius 1 is 1.41 bits per heavy atom. The second-order valence-electron chi connectivity index (χ2n) is 5.56. The minimum Gasteiger partial charge on any atom is -0.316 e. The van der Waals surface area contributed by atoms with E-state index in [1.165, 1.54) is 37.8 Å². The van der Waals surface area contributed by atoms with Gasteiger partial charge in [-0.3, -0.25) is 4.68 Å². The Bertz CT molecular complexity index is 362. The number of aromatic nitrogens is 2. The lowest BCUT2D eigenvalue weighted by Crippen LogP contribution is -2.34. The predicted octanol–water partition coefficient (Wildman–Crippen LogP) is 2.44. The molecule has 1 fully saturated rings. The van der Waals surface area contributed by atoms with Gasteiger partial charge in [0.25, 0.3) is 0 Å². The highest BCUT2D eigenvalue weighted by Crippen LogP contribution is 2.40. The van der Waals surface area contributed by atoms with E-state index in [2.05, 4.69) is 42.1 Å². The van der Waals surface area contributed by atoms with Crippen molar-refractivity contribution < 1.29 is 0 Å². The van der Waals surface area contributed by atoms with E-state index in [1.807, 2.05) is 0 Å². The summed E-state index contributed by atoms with van der Waals surface area (Å²) >= 11 is 0. The summed E-state index contributed by atoms with van der Waals surface area (Å²) in [6.07, 6.45) is 6.69. The maximum atomic E-state index is 4.46. The molecule has 0 atom stereocenters. The SMILES string of the molecule is CCNCC1(Cc2cc(C)nn2C)CCCC1. The second kappa shape index (κ2) is 5.21. The Hall–Kier alpha value is -0.830. The Labute approximate surface area is 105 Å². The van der Waals surface area contributed by atoms with Gasteiger partial charge in [-0.1, -0.05) is 19.8 Å². The molecule has 1 N–H and O–H groups in total. The summed E-state index contributed by atoms with van der Waals surface area (Å²) in [5.41, 5.74) is 3.01. The molecule has 0 spiro atoms. The van der Waals surface area contributed by atoms with Gasteiger partial charge in [0.1, 0.15) is 0 Å². The Morgan fingerprint density at radius 2 is 2.12 bits per heavy atom. The van der Waals surface area contributed by atoms with Crippen molar-refractivity contribution in [3.8, 4) is 0 Å². The molecule has 3 nitrogen and oxygen atoms in total. The van der Waals surface area contributed by atoms with E-state index in [-0.39, 0.29) is 0 Å². The maximum absolute atomic E-state index is 4.46. The average Bonchev–Trinajstić information content (AvgIpc) is 2.85. The third-order valence-electron chi connectivity index (χ3n) is 4.07. The van der Waals surface area contributed by atoms with Gasteiger partial charge in [0.05, 0.1) is 5.69 Å². The van der Waals surface area contributed by atoms with Crippen molar-refractivity contribution >= 4 is 0 Å². The zero-order valence-corrected chi connectivity index (χ0v) is 11.4. The highest BCUT2D eigenvalue weighted by atomic mass is 15.3. The molecule has 17 heavy (non-hydrogen) atoms. The fraction of sp³-hybridized carbons (Fsp3) is 0.786. The fourth-order valence-electron chi connectivity index (χ4n) is 3.15. The van der Waals surface area contributed by atoms with Crippen LogP contribution in [0.2, 0.25) is 0 Å². The van der Waals surface area contributed by atoms with Crippen LogP contribution in [-0.4, -0.2) is 22.9 Å². The predicted molar refractivity (Wildman–Crippen MR) is 71.1 cm³/mol. The van der Waals surface area contributed by atoms with Gasteiger partial charge in [-0.25, -0.2) is 0 Å². The molecular weight excluding hydrogens is 210 g/mol. The van der Waals surface area contributed by atoms with Gasteiger partial charge < -0.3 is 5.32 Å². The topological polar surface area (TPSA) is 29.9 Å². The van der Waals surface area contributed by atoms with Gasteiger partial charge in [0.2, 0.25) is 0 Å². The van der Waals surface area contributed by atoms with Gasteiger partial charge in [-0.2, -0.15) is 5.10 Å². The maximum Gasteiger partial charge on any atom is 0.0596 e. The second-order valence-corrected chi connectivity index (χ2v) is 5.56. The van der Waals surface area contributed by atoms with Gasteiger partial charge in [0.15, 0.2) is 0 Å². The largest absolute Gasteiger partial charge is 0.316 e. The molecule has 0 bridgehead atoms. The van der Waals surface area contributed by atoms with Crippen molar-refractivity contribution in [2.45, 2.75) is 46.0 Å². The Balaban J connectivity index is 2.09. The molecule has 0 saturated heterocycles. The van der Waals surface area contributed by atoms with Crippen LogP contribution in [0.4, 0.5) is 0 Å². The van der Waals surface area contributed by atoms with Crippen LogP contribution in [0.5, 0.6) is 0 Å². The van der Waals surface area contributed by atoms with Crippen LogP contribution in [0, 0.1) is 12.3 Å². The Kier molecular flexibility index (Phi) is 3.87. The highest BCUT2D eigenvalue weighted by Gasteiger charge is 2.34. The molecule has 96 valence electrons. The fourth-order valence-corrected chi connectivity index (χ4v) is 3.15. The van der Waals surface area contributed by atoms with E-state index in [4.69, 9.17) is 0 Å². The summed E-state index contributed by atoms with van der Waals surface area (Å²) in [5, 5.41) is 8.01. The molecule has 1 aromatic rings. The molecule has 0 aliphatic heterocycles. The minimum absolute atomic E-state index is 0.482. The van der Waals surface area contributed by atoms with Crippen LogP contribution in [0.15, 0.2) is 6.07 Å². The molecule has 1 aliphatic rings. The number of nitrogens with one attached hydrogen (secondary N) is 1.